The Kier molecular flexibility index (Phi) is 4.81. The molecule has 1 aliphatic rings. The second-order valence-electron chi connectivity index (χ2n) is 5.08. The van der Waals surface area contributed by atoms with Crippen LogP contribution in [0.3, 0.4) is 0 Å². The summed E-state index contributed by atoms with van der Waals surface area (Å²) in [6, 6.07) is 2.47. The predicted octanol–water partition coefficient (Wildman–Crippen LogP) is 3.43. The van der Waals surface area contributed by atoms with Gasteiger partial charge in [-0.1, -0.05) is 0 Å². The van der Waals surface area contributed by atoms with E-state index >= 15 is 0 Å². The molecular formula is C14H16ClF2N3S. The Morgan fingerprint density at radius 1 is 1.38 bits per heavy atom. The first-order valence-corrected chi connectivity index (χ1v) is 6.96. The second-order valence-corrected chi connectivity index (χ2v) is 5.47. The van der Waals surface area contributed by atoms with Crippen molar-refractivity contribution in [3.8, 4) is 0 Å². The van der Waals surface area contributed by atoms with Gasteiger partial charge >= 0.3 is 0 Å². The molecule has 0 bridgehead atoms. The van der Waals surface area contributed by atoms with Crippen LogP contribution >= 0.6 is 24.6 Å². The molecule has 1 aromatic heterocycles. The fraction of sp³-hybridized carbons (Fsp3) is 0.357. The zero-order valence-electron chi connectivity index (χ0n) is 11.2. The fourth-order valence-corrected chi connectivity index (χ4v) is 3.30. The Labute approximate surface area is 132 Å². The van der Waals surface area contributed by atoms with E-state index < -0.39 is 11.6 Å². The third-order valence-electron chi connectivity index (χ3n) is 3.90. The highest BCUT2D eigenvalue weighted by Gasteiger charge is 2.24. The highest BCUT2D eigenvalue weighted by atomic mass is 35.5. The van der Waals surface area contributed by atoms with E-state index in [0.717, 1.165) is 23.7 Å². The topological polar surface area (TPSA) is 46.7 Å². The van der Waals surface area contributed by atoms with E-state index in [9.17, 15) is 8.78 Å². The monoisotopic (exact) mass is 331 g/mol. The van der Waals surface area contributed by atoms with Gasteiger partial charge in [-0.15, -0.1) is 12.4 Å². The first kappa shape index (κ1) is 16.1. The molecule has 1 heterocycles. The standard InChI is InChI=1S/C14H15F2N3S.ClH/c15-9-3-8-4-10(1-2-12(8)13(16)5-9)19-11(6-17)7-18-14(19)20;/h3,5,7,10H,1-2,4,6,17H2,(H,18,20);1H. The number of imidazole rings is 1. The van der Waals surface area contributed by atoms with Gasteiger partial charge in [-0.3, -0.25) is 0 Å². The third kappa shape index (κ3) is 2.88. The molecule has 3 N–H and O–H groups in total. The summed E-state index contributed by atoms with van der Waals surface area (Å²) in [4.78, 5) is 2.98. The summed E-state index contributed by atoms with van der Waals surface area (Å²) in [5.74, 6) is -0.978. The molecular weight excluding hydrogens is 316 g/mol. The lowest BCUT2D eigenvalue weighted by Gasteiger charge is -2.27. The molecule has 0 saturated heterocycles. The number of nitrogens with zero attached hydrogens (tertiary/aromatic N) is 1. The molecule has 7 heteroatoms. The van der Waals surface area contributed by atoms with Crippen molar-refractivity contribution < 1.29 is 8.78 Å². The van der Waals surface area contributed by atoms with Gasteiger partial charge in [-0.05, 0) is 48.7 Å². The normalized spacial score (nSPS) is 17.2. The Balaban J connectivity index is 0.00000161. The molecule has 0 saturated carbocycles. The zero-order valence-corrected chi connectivity index (χ0v) is 12.9. The van der Waals surface area contributed by atoms with Crippen LogP contribution in [0.15, 0.2) is 18.3 Å². The minimum Gasteiger partial charge on any atom is -0.337 e. The smallest absolute Gasteiger partial charge is 0.177 e. The van der Waals surface area contributed by atoms with Crippen LogP contribution in [-0.4, -0.2) is 9.55 Å². The molecule has 0 aliphatic heterocycles. The molecule has 2 aromatic rings. The first-order valence-electron chi connectivity index (χ1n) is 6.55. The number of nitrogens with two attached hydrogens (primary N) is 1. The number of hydrogen-bond acceptors (Lipinski definition) is 2. The summed E-state index contributed by atoms with van der Waals surface area (Å²) in [6.07, 6.45) is 3.73. The summed E-state index contributed by atoms with van der Waals surface area (Å²) in [6.45, 7) is 0.383. The number of rotatable bonds is 2. The summed E-state index contributed by atoms with van der Waals surface area (Å²) < 4.78 is 29.7. The van der Waals surface area contributed by atoms with E-state index in [4.69, 9.17) is 18.0 Å². The van der Waals surface area contributed by atoms with E-state index in [1.807, 2.05) is 4.57 Å². The van der Waals surface area contributed by atoms with Crippen molar-refractivity contribution >= 4 is 24.6 Å². The van der Waals surface area contributed by atoms with Crippen LogP contribution in [0.4, 0.5) is 8.78 Å². The second kappa shape index (κ2) is 6.25. The summed E-state index contributed by atoms with van der Waals surface area (Å²) in [7, 11) is 0. The Bertz CT molecular complexity index is 711. The maximum Gasteiger partial charge on any atom is 0.177 e. The van der Waals surface area contributed by atoms with Crippen LogP contribution in [-0.2, 0) is 19.4 Å². The van der Waals surface area contributed by atoms with Gasteiger partial charge in [-0.25, -0.2) is 8.78 Å². The number of fused-ring (bicyclic) bond motifs is 1. The number of nitrogens with one attached hydrogen (secondary N) is 1. The molecule has 0 radical (unpaired) electrons. The fourth-order valence-electron chi connectivity index (χ4n) is 2.98. The molecule has 114 valence electrons. The average Bonchev–Trinajstić information content (AvgIpc) is 2.78. The number of aromatic amines is 1. The maximum atomic E-state index is 13.7. The minimum atomic E-state index is -0.529. The number of benzene rings is 1. The Hall–Kier alpha value is -1.24. The number of halogens is 3. The molecule has 1 atom stereocenters. The van der Waals surface area contributed by atoms with Crippen molar-refractivity contribution in [2.24, 2.45) is 5.73 Å². The van der Waals surface area contributed by atoms with Gasteiger partial charge in [0.05, 0.1) is 5.69 Å². The molecule has 1 aliphatic carbocycles. The van der Waals surface area contributed by atoms with Crippen molar-refractivity contribution in [2.45, 2.75) is 31.8 Å². The van der Waals surface area contributed by atoms with Crippen molar-refractivity contribution in [1.82, 2.24) is 9.55 Å². The highest BCUT2D eigenvalue weighted by molar-refractivity contribution is 7.71. The van der Waals surface area contributed by atoms with Gasteiger partial charge in [0.15, 0.2) is 4.77 Å². The molecule has 0 amide bonds. The lowest BCUT2D eigenvalue weighted by Crippen LogP contribution is -2.22. The van der Waals surface area contributed by atoms with Crippen LogP contribution in [0, 0.1) is 16.4 Å². The Morgan fingerprint density at radius 3 is 2.86 bits per heavy atom. The summed E-state index contributed by atoms with van der Waals surface area (Å²) >= 11 is 5.27. The minimum absolute atomic E-state index is 0. The van der Waals surface area contributed by atoms with E-state index in [-0.39, 0.29) is 18.4 Å². The third-order valence-corrected chi connectivity index (χ3v) is 4.22. The van der Waals surface area contributed by atoms with Crippen molar-refractivity contribution in [3.63, 3.8) is 0 Å². The Morgan fingerprint density at radius 2 is 2.14 bits per heavy atom. The molecule has 1 aromatic carbocycles. The van der Waals surface area contributed by atoms with E-state index in [1.165, 1.54) is 6.07 Å². The number of aromatic nitrogens is 2. The zero-order chi connectivity index (χ0) is 14.3. The van der Waals surface area contributed by atoms with E-state index in [0.29, 0.717) is 29.7 Å². The molecule has 3 rings (SSSR count). The van der Waals surface area contributed by atoms with E-state index in [2.05, 4.69) is 4.98 Å². The van der Waals surface area contributed by atoms with Crippen molar-refractivity contribution in [2.75, 3.05) is 0 Å². The molecule has 0 spiro atoms. The maximum absolute atomic E-state index is 13.7. The average molecular weight is 332 g/mol. The summed E-state index contributed by atoms with van der Waals surface area (Å²) in [5, 5.41) is 0. The molecule has 3 nitrogen and oxygen atoms in total. The largest absolute Gasteiger partial charge is 0.337 e. The van der Waals surface area contributed by atoms with Gasteiger partial charge < -0.3 is 15.3 Å². The predicted molar refractivity (Wildman–Crippen MR) is 82.2 cm³/mol. The molecule has 1 unspecified atom stereocenters. The van der Waals surface area contributed by atoms with Crippen LogP contribution in [0.25, 0.3) is 0 Å². The summed E-state index contributed by atoms with van der Waals surface area (Å²) in [5.41, 5.74) is 7.97. The van der Waals surface area contributed by atoms with Gasteiger partial charge in [0.25, 0.3) is 0 Å². The first-order chi connectivity index (χ1) is 9.60. The highest BCUT2D eigenvalue weighted by Crippen LogP contribution is 2.32. The van der Waals surface area contributed by atoms with Crippen LogP contribution < -0.4 is 5.73 Å². The molecule has 21 heavy (non-hydrogen) atoms. The number of H-pyrrole nitrogens is 1. The van der Waals surface area contributed by atoms with Crippen molar-refractivity contribution in [3.05, 3.63) is 51.6 Å². The van der Waals surface area contributed by atoms with Gasteiger partial charge in [-0.2, -0.15) is 0 Å². The van der Waals surface area contributed by atoms with Crippen molar-refractivity contribution in [1.29, 1.82) is 0 Å². The van der Waals surface area contributed by atoms with Gasteiger partial charge in [0.1, 0.15) is 11.6 Å². The van der Waals surface area contributed by atoms with E-state index in [1.54, 1.807) is 6.20 Å². The van der Waals surface area contributed by atoms with Crippen LogP contribution in [0.5, 0.6) is 0 Å². The number of hydrogen-bond donors (Lipinski definition) is 2. The lowest BCUT2D eigenvalue weighted by molar-refractivity contribution is 0.416. The van der Waals surface area contributed by atoms with Gasteiger partial charge in [0, 0.05) is 24.8 Å². The van der Waals surface area contributed by atoms with Crippen LogP contribution in [0.2, 0.25) is 0 Å². The quantitative estimate of drug-likeness (QED) is 0.828. The SMILES string of the molecule is Cl.NCc1c[nH]c(=S)n1C1CCc2c(F)cc(F)cc2C1. The van der Waals surface area contributed by atoms with Gasteiger partial charge in [0.2, 0.25) is 0 Å². The molecule has 0 fully saturated rings. The lowest BCUT2D eigenvalue weighted by atomic mass is 9.87. The van der Waals surface area contributed by atoms with Crippen LogP contribution in [0.1, 0.15) is 29.3 Å².